The van der Waals surface area contributed by atoms with Crippen LogP contribution in [0.25, 0.3) is 10.9 Å². The minimum absolute atomic E-state index is 0.0526. The number of nitrogens with one attached hydrogen (secondary N) is 2. The number of anilines is 3. The average molecular weight is 552 g/mol. The van der Waals surface area contributed by atoms with Crippen LogP contribution in [-0.2, 0) is 14.3 Å². The molecule has 2 aliphatic heterocycles. The molecule has 2 aromatic carbocycles. The van der Waals surface area contributed by atoms with E-state index in [-0.39, 0.29) is 22.6 Å². The van der Waals surface area contributed by atoms with Gasteiger partial charge < -0.3 is 24.8 Å². The lowest BCUT2D eigenvalue weighted by Gasteiger charge is -2.25. The first-order valence-corrected chi connectivity index (χ1v) is 13.0. The Kier molecular flexibility index (Phi) is 8.54. The van der Waals surface area contributed by atoms with E-state index in [4.69, 9.17) is 25.8 Å². The fourth-order valence-electron chi connectivity index (χ4n) is 4.41. The van der Waals surface area contributed by atoms with Gasteiger partial charge in [-0.2, -0.15) is 5.26 Å². The van der Waals surface area contributed by atoms with Gasteiger partial charge in [-0.05, 0) is 24.3 Å². The molecular formula is C28H27ClFN5O4. The summed E-state index contributed by atoms with van der Waals surface area (Å²) in [5.41, 5.74) is 2.17. The van der Waals surface area contributed by atoms with Gasteiger partial charge in [-0.1, -0.05) is 17.7 Å². The monoisotopic (exact) mass is 551 g/mol. The number of halogens is 2. The highest BCUT2D eigenvalue weighted by atomic mass is 35.5. The zero-order valence-corrected chi connectivity index (χ0v) is 21.8. The summed E-state index contributed by atoms with van der Waals surface area (Å²) in [6.45, 7) is 4.69. The Hall–Kier alpha value is -3.75. The van der Waals surface area contributed by atoms with E-state index in [1.807, 2.05) is 6.08 Å². The zero-order valence-electron chi connectivity index (χ0n) is 21.1. The molecule has 0 saturated carbocycles. The van der Waals surface area contributed by atoms with Crippen molar-refractivity contribution in [1.82, 2.24) is 9.88 Å². The van der Waals surface area contributed by atoms with Crippen LogP contribution in [-0.4, -0.2) is 68.0 Å². The molecule has 2 N–H and O–H groups in total. The third-order valence-corrected chi connectivity index (χ3v) is 6.74. The molecule has 1 atom stereocenters. The molecule has 2 aliphatic rings. The standard InChI is InChI=1S/C28H27ClFN5O4/c29-22-12-19(3-4-23(22)30)33-28-18(15-31)16-32-24-14-26(39-20-5-9-38-17-20)25(13-21(24)28)34-27(36)2-1-6-35-7-10-37-11-8-35/h1-4,12-14,16,20H,5-11,17H2,(H,32,33)(H,34,36). The Morgan fingerprint density at radius 1 is 1.26 bits per heavy atom. The van der Waals surface area contributed by atoms with Crippen LogP contribution in [0.15, 0.2) is 48.7 Å². The van der Waals surface area contributed by atoms with Gasteiger partial charge in [0.25, 0.3) is 0 Å². The van der Waals surface area contributed by atoms with Crippen molar-refractivity contribution in [2.24, 2.45) is 0 Å². The molecule has 1 amide bonds. The zero-order chi connectivity index (χ0) is 27.2. The number of nitriles is 1. The Bertz CT molecular complexity index is 1430. The molecule has 0 spiro atoms. The van der Waals surface area contributed by atoms with Crippen molar-refractivity contribution in [2.75, 3.05) is 56.7 Å². The highest BCUT2D eigenvalue weighted by Gasteiger charge is 2.21. The van der Waals surface area contributed by atoms with Gasteiger partial charge in [0.05, 0.1) is 53.9 Å². The van der Waals surface area contributed by atoms with E-state index in [2.05, 4.69) is 26.6 Å². The normalized spacial score (nSPS) is 17.8. The predicted molar refractivity (Wildman–Crippen MR) is 146 cm³/mol. The SMILES string of the molecule is N#Cc1cnc2cc(OC3CCOC3)c(NC(=O)C=CCN3CCOCC3)cc2c1Nc1ccc(F)c(Cl)c1. The number of pyridine rings is 1. The topological polar surface area (TPSA) is 109 Å². The first-order chi connectivity index (χ1) is 19.0. The van der Waals surface area contributed by atoms with Gasteiger partial charge in [-0.15, -0.1) is 0 Å². The van der Waals surface area contributed by atoms with E-state index in [0.717, 1.165) is 19.5 Å². The summed E-state index contributed by atoms with van der Waals surface area (Å²) in [7, 11) is 0. The highest BCUT2D eigenvalue weighted by Crippen LogP contribution is 2.37. The summed E-state index contributed by atoms with van der Waals surface area (Å²) < 4.78 is 30.7. The predicted octanol–water partition coefficient (Wildman–Crippen LogP) is 4.64. The van der Waals surface area contributed by atoms with Crippen LogP contribution in [0.5, 0.6) is 5.75 Å². The molecular weight excluding hydrogens is 525 g/mol. The summed E-state index contributed by atoms with van der Waals surface area (Å²) in [6, 6.07) is 9.78. The fourth-order valence-corrected chi connectivity index (χ4v) is 4.59. The highest BCUT2D eigenvalue weighted by molar-refractivity contribution is 6.31. The lowest BCUT2D eigenvalue weighted by molar-refractivity contribution is -0.111. The number of rotatable bonds is 8. The van der Waals surface area contributed by atoms with E-state index in [1.165, 1.54) is 30.5 Å². The summed E-state index contributed by atoms with van der Waals surface area (Å²) >= 11 is 5.97. The fraction of sp³-hybridized carbons (Fsp3) is 0.321. The number of aromatic nitrogens is 1. The maximum Gasteiger partial charge on any atom is 0.248 e. The third-order valence-electron chi connectivity index (χ3n) is 6.45. The first-order valence-electron chi connectivity index (χ1n) is 12.6. The van der Waals surface area contributed by atoms with Crippen LogP contribution < -0.4 is 15.4 Å². The van der Waals surface area contributed by atoms with E-state index in [0.29, 0.717) is 66.7 Å². The third kappa shape index (κ3) is 6.64. The minimum atomic E-state index is -0.549. The molecule has 0 bridgehead atoms. The van der Waals surface area contributed by atoms with Crippen LogP contribution in [0, 0.1) is 17.1 Å². The van der Waals surface area contributed by atoms with Gasteiger partial charge in [0.2, 0.25) is 5.91 Å². The van der Waals surface area contributed by atoms with Gasteiger partial charge in [0, 0.05) is 55.5 Å². The van der Waals surface area contributed by atoms with Gasteiger partial charge in [0.15, 0.2) is 0 Å². The molecule has 1 aromatic heterocycles. The van der Waals surface area contributed by atoms with Crippen molar-refractivity contribution in [2.45, 2.75) is 12.5 Å². The lowest BCUT2D eigenvalue weighted by Crippen LogP contribution is -2.36. The number of morpholine rings is 1. The molecule has 202 valence electrons. The molecule has 1 unspecified atom stereocenters. The molecule has 3 heterocycles. The van der Waals surface area contributed by atoms with Crippen molar-refractivity contribution in [3.05, 3.63) is 65.1 Å². The van der Waals surface area contributed by atoms with E-state index in [1.54, 1.807) is 12.1 Å². The Morgan fingerprint density at radius 2 is 2.10 bits per heavy atom. The van der Waals surface area contributed by atoms with Crippen LogP contribution in [0.3, 0.4) is 0 Å². The largest absolute Gasteiger partial charge is 0.486 e. The molecule has 11 heteroatoms. The molecule has 5 rings (SSSR count). The molecule has 39 heavy (non-hydrogen) atoms. The summed E-state index contributed by atoms with van der Waals surface area (Å²) in [5.74, 6) is -0.424. The smallest absolute Gasteiger partial charge is 0.248 e. The number of hydrogen-bond donors (Lipinski definition) is 2. The molecule has 2 fully saturated rings. The van der Waals surface area contributed by atoms with E-state index in [9.17, 15) is 14.4 Å². The summed E-state index contributed by atoms with van der Waals surface area (Å²) in [4.78, 5) is 19.5. The van der Waals surface area contributed by atoms with Gasteiger partial charge in [-0.25, -0.2) is 4.39 Å². The number of nitrogens with zero attached hydrogens (tertiary/aromatic N) is 3. The molecule has 2 saturated heterocycles. The van der Waals surface area contributed by atoms with Crippen LogP contribution in [0.4, 0.5) is 21.5 Å². The second-order valence-corrected chi connectivity index (χ2v) is 9.59. The van der Waals surface area contributed by atoms with E-state index >= 15 is 0 Å². The van der Waals surface area contributed by atoms with Crippen LogP contribution in [0.2, 0.25) is 5.02 Å². The van der Waals surface area contributed by atoms with Crippen molar-refractivity contribution in [3.63, 3.8) is 0 Å². The number of ether oxygens (including phenoxy) is 3. The van der Waals surface area contributed by atoms with Crippen LogP contribution >= 0.6 is 11.6 Å². The van der Waals surface area contributed by atoms with Gasteiger partial charge >= 0.3 is 0 Å². The first kappa shape index (κ1) is 26.8. The lowest BCUT2D eigenvalue weighted by atomic mass is 10.1. The average Bonchev–Trinajstić information content (AvgIpc) is 3.45. The number of amides is 1. The second-order valence-electron chi connectivity index (χ2n) is 9.19. The van der Waals surface area contributed by atoms with Crippen molar-refractivity contribution < 1.29 is 23.4 Å². The number of benzene rings is 2. The summed E-state index contributed by atoms with van der Waals surface area (Å²) in [5, 5.41) is 16.4. The minimum Gasteiger partial charge on any atom is -0.486 e. The Morgan fingerprint density at radius 3 is 2.85 bits per heavy atom. The molecule has 3 aromatic rings. The van der Waals surface area contributed by atoms with Gasteiger partial charge in [0.1, 0.15) is 23.7 Å². The quantitative estimate of drug-likeness (QED) is 0.390. The van der Waals surface area contributed by atoms with Crippen molar-refractivity contribution >= 4 is 45.5 Å². The van der Waals surface area contributed by atoms with Gasteiger partial charge in [-0.3, -0.25) is 14.7 Å². The molecule has 0 aliphatic carbocycles. The molecule has 0 radical (unpaired) electrons. The van der Waals surface area contributed by atoms with Crippen LogP contribution in [0.1, 0.15) is 12.0 Å². The number of carbonyl (C=O) groups is 1. The molecule has 9 nitrogen and oxygen atoms in total. The van der Waals surface area contributed by atoms with E-state index < -0.39 is 5.82 Å². The Labute approximate surface area is 230 Å². The summed E-state index contributed by atoms with van der Waals surface area (Å²) in [6.07, 6.45) is 5.32. The van der Waals surface area contributed by atoms with Crippen molar-refractivity contribution in [1.29, 1.82) is 5.26 Å². The number of carbonyl (C=O) groups excluding carboxylic acids is 1. The number of fused-ring (bicyclic) bond motifs is 1. The Balaban J connectivity index is 1.47. The maximum absolute atomic E-state index is 13.7. The maximum atomic E-state index is 13.7. The second kappa shape index (κ2) is 12.4. The number of hydrogen-bond acceptors (Lipinski definition) is 8. The van der Waals surface area contributed by atoms with Crippen molar-refractivity contribution in [3.8, 4) is 11.8 Å².